The molecule has 0 aromatic carbocycles. The highest BCUT2D eigenvalue weighted by molar-refractivity contribution is 7.48. The van der Waals surface area contributed by atoms with Crippen molar-refractivity contribution >= 4 is 7.82 Å². The minimum absolute atomic E-state index is 0. The van der Waals surface area contributed by atoms with E-state index in [4.69, 9.17) is 13.6 Å². The Balaban J connectivity index is 0. The smallest absolute Gasteiger partial charge is 0.287 e. The van der Waals surface area contributed by atoms with Crippen LogP contribution >= 0.6 is 7.82 Å². The van der Waals surface area contributed by atoms with Crippen LogP contribution in [0.3, 0.4) is 0 Å². The van der Waals surface area contributed by atoms with E-state index in [9.17, 15) is 4.57 Å². The monoisotopic (exact) mass is 366 g/mol. The van der Waals surface area contributed by atoms with Gasteiger partial charge in [-0.15, -0.1) is 0 Å². The van der Waals surface area contributed by atoms with Gasteiger partial charge in [0.25, 0.3) is 0 Å². The Hall–Kier alpha value is 0.110. The molecule has 0 heterocycles. The van der Waals surface area contributed by atoms with E-state index in [1.807, 2.05) is 0 Å². The average Bonchev–Trinajstić information content (AvgIpc) is 2.54. The summed E-state index contributed by atoms with van der Waals surface area (Å²) < 4.78 is 29.1. The van der Waals surface area contributed by atoms with Gasteiger partial charge in [-0.1, -0.05) is 86.0 Å². The molecule has 0 aliphatic heterocycles. The molecule has 0 unspecified atom stereocenters. The van der Waals surface area contributed by atoms with Crippen molar-refractivity contribution in [1.82, 2.24) is 0 Å². The second-order valence-corrected chi connectivity index (χ2v) is 7.80. The third-order valence-electron chi connectivity index (χ3n) is 3.74. The van der Waals surface area contributed by atoms with Crippen molar-refractivity contribution < 1.29 is 18.1 Å². The number of unbranched alkanes of at least 4 members (excludes halogenated alkanes) is 9. The van der Waals surface area contributed by atoms with E-state index < -0.39 is 7.82 Å². The molecule has 0 radical (unpaired) electrons. The first-order chi connectivity index (χ1) is 11.2. The number of hydrogen-bond acceptors (Lipinski definition) is 4. The second kappa shape index (κ2) is 19.4. The average molecular weight is 367 g/mol. The van der Waals surface area contributed by atoms with Crippen molar-refractivity contribution in [2.75, 3.05) is 19.8 Å². The van der Waals surface area contributed by atoms with Gasteiger partial charge in [0.2, 0.25) is 0 Å². The summed E-state index contributed by atoms with van der Waals surface area (Å²) in [7, 11) is -3.37. The van der Waals surface area contributed by atoms with Gasteiger partial charge in [0, 0.05) is 0 Å². The minimum atomic E-state index is -3.37. The van der Waals surface area contributed by atoms with E-state index in [1.165, 1.54) is 38.5 Å². The molecule has 0 spiro atoms. The standard InChI is InChI=1S/C18H39O4P.CH4/c1-4-7-10-13-16-20-23(19,21-17-14-11-8-5-2)22-18-15-12-9-6-3;/h4-18H2,1-3H3;1H4. The van der Waals surface area contributed by atoms with Gasteiger partial charge < -0.3 is 0 Å². The highest BCUT2D eigenvalue weighted by Crippen LogP contribution is 2.49. The Morgan fingerprint density at radius 1 is 0.542 bits per heavy atom. The molecule has 0 saturated heterocycles. The highest BCUT2D eigenvalue weighted by atomic mass is 31.2. The molecule has 0 saturated carbocycles. The quantitative estimate of drug-likeness (QED) is 0.186. The summed E-state index contributed by atoms with van der Waals surface area (Å²) in [5, 5.41) is 0. The third kappa shape index (κ3) is 17.0. The fourth-order valence-electron chi connectivity index (χ4n) is 2.23. The van der Waals surface area contributed by atoms with Gasteiger partial charge in [0.1, 0.15) is 0 Å². The van der Waals surface area contributed by atoms with Crippen LogP contribution in [-0.4, -0.2) is 19.8 Å². The van der Waals surface area contributed by atoms with Crippen LogP contribution in [0.4, 0.5) is 0 Å². The lowest BCUT2D eigenvalue weighted by atomic mass is 10.2. The number of phosphoric ester groups is 1. The van der Waals surface area contributed by atoms with E-state index in [-0.39, 0.29) is 7.43 Å². The van der Waals surface area contributed by atoms with Gasteiger partial charge in [-0.05, 0) is 19.3 Å². The number of hydrogen-bond donors (Lipinski definition) is 0. The minimum Gasteiger partial charge on any atom is -0.287 e. The molecule has 4 nitrogen and oxygen atoms in total. The Morgan fingerprint density at radius 2 is 0.833 bits per heavy atom. The van der Waals surface area contributed by atoms with Crippen LogP contribution in [0.5, 0.6) is 0 Å². The van der Waals surface area contributed by atoms with Crippen molar-refractivity contribution in [3.8, 4) is 0 Å². The summed E-state index contributed by atoms with van der Waals surface area (Å²) in [6.07, 6.45) is 13.1. The molecule has 0 aromatic rings. The molecule has 0 rings (SSSR count). The fraction of sp³-hybridized carbons (Fsp3) is 1.00. The lowest BCUT2D eigenvalue weighted by Gasteiger charge is -2.18. The van der Waals surface area contributed by atoms with Crippen molar-refractivity contribution in [2.45, 2.75) is 105 Å². The summed E-state index contributed by atoms with van der Waals surface area (Å²) >= 11 is 0. The molecule has 148 valence electrons. The van der Waals surface area contributed by atoms with E-state index >= 15 is 0 Å². The maximum atomic E-state index is 12.6. The summed E-state index contributed by atoms with van der Waals surface area (Å²) in [6.45, 7) is 7.89. The molecule has 5 heteroatoms. The molecule has 0 bridgehead atoms. The molecule has 24 heavy (non-hydrogen) atoms. The Bertz CT molecular complexity index is 242. The maximum absolute atomic E-state index is 12.6. The van der Waals surface area contributed by atoms with Gasteiger partial charge in [-0.25, -0.2) is 4.57 Å². The normalized spacial score (nSPS) is 11.5. The molecular weight excluding hydrogens is 323 g/mol. The van der Waals surface area contributed by atoms with Crippen LogP contribution in [0.25, 0.3) is 0 Å². The van der Waals surface area contributed by atoms with Crippen LogP contribution in [0.2, 0.25) is 0 Å². The van der Waals surface area contributed by atoms with Gasteiger partial charge in [-0.3, -0.25) is 13.6 Å². The van der Waals surface area contributed by atoms with Gasteiger partial charge >= 0.3 is 7.82 Å². The first kappa shape index (κ1) is 26.3. The SMILES string of the molecule is C.CCCCCCOP(=O)(OCCCCCC)OCCCCCC. The first-order valence-corrected chi connectivity index (χ1v) is 11.2. The summed E-state index contributed by atoms with van der Waals surface area (Å²) in [4.78, 5) is 0. The van der Waals surface area contributed by atoms with Crippen molar-refractivity contribution in [3.63, 3.8) is 0 Å². The van der Waals surface area contributed by atoms with Gasteiger partial charge in [0.05, 0.1) is 19.8 Å². The Morgan fingerprint density at radius 3 is 1.08 bits per heavy atom. The zero-order valence-electron chi connectivity index (χ0n) is 15.7. The van der Waals surface area contributed by atoms with E-state index in [1.54, 1.807) is 0 Å². The van der Waals surface area contributed by atoms with Crippen molar-refractivity contribution in [2.24, 2.45) is 0 Å². The largest absolute Gasteiger partial charge is 0.474 e. The molecule has 0 aromatic heterocycles. The zero-order chi connectivity index (χ0) is 17.2. The van der Waals surface area contributed by atoms with E-state index in [2.05, 4.69) is 20.8 Å². The molecule has 0 aliphatic rings. The van der Waals surface area contributed by atoms with Crippen LogP contribution < -0.4 is 0 Å². The Labute approximate surface area is 151 Å². The molecule has 0 aliphatic carbocycles. The molecule has 0 fully saturated rings. The van der Waals surface area contributed by atoms with Gasteiger partial charge in [0.15, 0.2) is 0 Å². The molecular formula is C19H43O4P. The zero-order valence-corrected chi connectivity index (χ0v) is 16.6. The fourth-order valence-corrected chi connectivity index (χ4v) is 3.51. The number of rotatable bonds is 18. The van der Waals surface area contributed by atoms with Crippen molar-refractivity contribution in [3.05, 3.63) is 0 Å². The van der Waals surface area contributed by atoms with Crippen LogP contribution in [0.15, 0.2) is 0 Å². The van der Waals surface area contributed by atoms with Crippen LogP contribution in [-0.2, 0) is 18.1 Å². The van der Waals surface area contributed by atoms with E-state index in [0.717, 1.165) is 38.5 Å². The summed E-state index contributed by atoms with van der Waals surface area (Å²) in [5.41, 5.74) is 0. The third-order valence-corrected chi connectivity index (χ3v) is 5.24. The first-order valence-electron chi connectivity index (χ1n) is 9.72. The molecule has 0 atom stereocenters. The predicted octanol–water partition coefficient (Wildman–Crippen LogP) is 7.52. The highest BCUT2D eigenvalue weighted by Gasteiger charge is 2.26. The van der Waals surface area contributed by atoms with Crippen molar-refractivity contribution in [1.29, 1.82) is 0 Å². The van der Waals surface area contributed by atoms with E-state index in [0.29, 0.717) is 19.8 Å². The predicted molar refractivity (Wildman–Crippen MR) is 105 cm³/mol. The molecule has 0 amide bonds. The van der Waals surface area contributed by atoms with Crippen LogP contribution in [0.1, 0.15) is 105 Å². The Kier molecular flexibility index (Phi) is 21.3. The summed E-state index contributed by atoms with van der Waals surface area (Å²) in [6, 6.07) is 0. The lowest BCUT2D eigenvalue weighted by Crippen LogP contribution is -2.04. The lowest BCUT2D eigenvalue weighted by molar-refractivity contribution is 0.108. The van der Waals surface area contributed by atoms with Gasteiger partial charge in [-0.2, -0.15) is 0 Å². The van der Waals surface area contributed by atoms with Crippen LogP contribution in [0, 0.1) is 0 Å². The summed E-state index contributed by atoms with van der Waals surface area (Å²) in [5.74, 6) is 0. The molecule has 0 N–H and O–H groups in total. The maximum Gasteiger partial charge on any atom is 0.474 e. The topological polar surface area (TPSA) is 44.8 Å². The second-order valence-electron chi connectivity index (χ2n) is 6.13. The number of phosphoric acid groups is 1.